The number of fused-ring (bicyclic) bond motifs is 7. The third kappa shape index (κ3) is 12.2. The third-order valence-corrected chi connectivity index (χ3v) is 23.0. The van der Waals surface area contributed by atoms with Crippen LogP contribution in [0.3, 0.4) is 0 Å². The van der Waals surface area contributed by atoms with Gasteiger partial charge in [-0.25, -0.2) is 0 Å². The van der Waals surface area contributed by atoms with E-state index in [0.29, 0.717) is 0 Å². The normalized spacial score (nSPS) is 13.1. The minimum Gasteiger partial charge on any atom is -0.310 e. The SMILES string of the molecule is CC(C)(C)c1ccc(-c2cccc(-c3ccc(C(C)(C)C)cc3)c2N2c3cc(-c4ccccc4-n4c5ccccc5c5ccccc54)ccc3B3c4cc(-c5ccccc5)c(C(C)(C)C)cc4N(c4c(-c5ccc(C(C)(C)C)cc5)cccc4-c4ccc(C(C)(C)C)cc4)c4cc(-c5ccccc5)cc2c43)cc1. The zero-order valence-electron chi connectivity index (χ0n) is 65.4. The third-order valence-electron chi connectivity index (χ3n) is 23.0. The number of para-hydroxylation sites is 5. The van der Waals surface area contributed by atoms with Gasteiger partial charge in [0.05, 0.1) is 28.1 Å². The molecule has 0 spiro atoms. The molecule has 0 fully saturated rings. The lowest BCUT2D eigenvalue weighted by molar-refractivity contribution is 0.590. The number of rotatable bonds is 10. The second kappa shape index (κ2) is 26.2. The van der Waals surface area contributed by atoms with Gasteiger partial charge in [0.25, 0.3) is 6.71 Å². The molecule has 2 aliphatic heterocycles. The number of anilines is 6. The predicted molar refractivity (Wildman–Crippen MR) is 466 cm³/mol. The summed E-state index contributed by atoms with van der Waals surface area (Å²) in [5.41, 5.74) is 36.2. The maximum atomic E-state index is 2.74. The van der Waals surface area contributed by atoms with Gasteiger partial charge in [0.2, 0.25) is 0 Å². The minimum absolute atomic E-state index is 0.0432. The lowest BCUT2D eigenvalue weighted by Crippen LogP contribution is -2.61. The van der Waals surface area contributed by atoms with Crippen LogP contribution in [0.1, 0.15) is 132 Å². The molecule has 0 unspecified atom stereocenters. The summed E-state index contributed by atoms with van der Waals surface area (Å²) in [6, 6.07) is 119. The Labute approximate surface area is 641 Å². The van der Waals surface area contributed by atoms with Gasteiger partial charge < -0.3 is 14.4 Å². The molecular formula is C104H96BN3. The summed E-state index contributed by atoms with van der Waals surface area (Å²) >= 11 is 0. The Hall–Kier alpha value is -11.5. The first-order chi connectivity index (χ1) is 51.8. The summed E-state index contributed by atoms with van der Waals surface area (Å²) < 4.78 is 2.49. The van der Waals surface area contributed by atoms with E-state index in [-0.39, 0.29) is 33.8 Å². The molecule has 0 saturated heterocycles. The molecule has 0 bridgehead atoms. The molecule has 0 saturated carbocycles. The summed E-state index contributed by atoms with van der Waals surface area (Å²) in [4.78, 5) is 5.47. The van der Waals surface area contributed by atoms with E-state index in [2.05, 4.69) is 428 Å². The van der Waals surface area contributed by atoms with Gasteiger partial charge in [0, 0.05) is 61.3 Å². The molecule has 4 heteroatoms. The van der Waals surface area contributed by atoms with Crippen LogP contribution in [-0.2, 0) is 27.1 Å². The molecule has 530 valence electrons. The lowest BCUT2D eigenvalue weighted by Gasteiger charge is -2.46. The minimum atomic E-state index is -0.284. The van der Waals surface area contributed by atoms with Crippen molar-refractivity contribution in [3.05, 3.63) is 337 Å². The van der Waals surface area contributed by atoms with Crippen LogP contribution >= 0.6 is 0 Å². The first-order valence-corrected chi connectivity index (χ1v) is 38.8. The van der Waals surface area contributed by atoms with Crippen molar-refractivity contribution in [3.63, 3.8) is 0 Å². The molecule has 3 heterocycles. The number of hydrogen-bond donors (Lipinski definition) is 0. The van der Waals surface area contributed by atoms with Gasteiger partial charge in [-0.15, -0.1) is 0 Å². The van der Waals surface area contributed by atoms with E-state index >= 15 is 0 Å². The Bertz CT molecular complexity index is 5760. The van der Waals surface area contributed by atoms with Crippen LogP contribution in [-0.4, -0.2) is 11.3 Å². The molecule has 0 N–H and O–H groups in total. The van der Waals surface area contributed by atoms with Crippen molar-refractivity contribution in [2.45, 2.75) is 131 Å². The van der Waals surface area contributed by atoms with E-state index in [4.69, 9.17) is 0 Å². The molecular weight excluding hydrogens is 1300 g/mol. The van der Waals surface area contributed by atoms with Crippen molar-refractivity contribution in [1.29, 1.82) is 0 Å². The van der Waals surface area contributed by atoms with E-state index in [1.807, 2.05) is 0 Å². The van der Waals surface area contributed by atoms with Crippen molar-refractivity contribution in [2.75, 3.05) is 9.80 Å². The van der Waals surface area contributed by atoms with E-state index in [9.17, 15) is 0 Å². The molecule has 1 aromatic heterocycles. The van der Waals surface area contributed by atoms with Gasteiger partial charge in [0.15, 0.2) is 0 Å². The Morgan fingerprint density at radius 1 is 0.222 bits per heavy atom. The number of nitrogens with zero attached hydrogens (tertiary/aromatic N) is 3. The quantitative estimate of drug-likeness (QED) is 0.126. The van der Waals surface area contributed by atoms with Crippen LogP contribution < -0.4 is 26.2 Å². The van der Waals surface area contributed by atoms with Gasteiger partial charge in [0.1, 0.15) is 0 Å². The summed E-state index contributed by atoms with van der Waals surface area (Å²) in [5, 5.41) is 2.47. The first-order valence-electron chi connectivity index (χ1n) is 38.8. The Balaban J connectivity index is 1.05. The fourth-order valence-electron chi connectivity index (χ4n) is 17.2. The number of aromatic nitrogens is 1. The van der Waals surface area contributed by atoms with Crippen LogP contribution in [0.4, 0.5) is 34.1 Å². The Kier molecular flexibility index (Phi) is 16.9. The maximum absolute atomic E-state index is 2.74. The fourth-order valence-corrected chi connectivity index (χ4v) is 17.2. The molecule has 0 radical (unpaired) electrons. The van der Waals surface area contributed by atoms with Gasteiger partial charge in [-0.05, 0) is 164 Å². The molecule has 2 aliphatic rings. The van der Waals surface area contributed by atoms with Gasteiger partial charge in [-0.1, -0.05) is 371 Å². The second-order valence-electron chi connectivity index (χ2n) is 35.3. The highest BCUT2D eigenvalue weighted by Gasteiger charge is 2.47. The molecule has 14 aromatic carbocycles. The molecule has 0 amide bonds. The summed E-state index contributed by atoms with van der Waals surface area (Å²) in [7, 11) is 0. The highest BCUT2D eigenvalue weighted by atomic mass is 15.2. The molecule has 0 aliphatic carbocycles. The first kappa shape index (κ1) is 69.6. The number of hydrogen-bond acceptors (Lipinski definition) is 2. The van der Waals surface area contributed by atoms with E-state index in [1.54, 1.807) is 0 Å². The van der Waals surface area contributed by atoms with Crippen molar-refractivity contribution < 1.29 is 0 Å². The fraction of sp³-hybridized carbons (Fsp3) is 0.192. The average molecular weight is 1400 g/mol. The summed E-state index contributed by atoms with van der Waals surface area (Å²) in [6.07, 6.45) is 0. The average Bonchev–Trinajstić information content (AvgIpc) is 0.802. The van der Waals surface area contributed by atoms with Crippen LogP contribution in [0.15, 0.2) is 309 Å². The molecule has 17 rings (SSSR count). The maximum Gasteiger partial charge on any atom is 0.252 e. The Morgan fingerprint density at radius 2 is 0.565 bits per heavy atom. The highest BCUT2D eigenvalue weighted by Crippen LogP contribution is 2.56. The van der Waals surface area contributed by atoms with Gasteiger partial charge >= 0.3 is 0 Å². The Morgan fingerprint density at radius 3 is 0.981 bits per heavy atom. The predicted octanol–water partition coefficient (Wildman–Crippen LogP) is 27.0. The highest BCUT2D eigenvalue weighted by molar-refractivity contribution is 7.00. The zero-order valence-corrected chi connectivity index (χ0v) is 65.4. The van der Waals surface area contributed by atoms with Crippen molar-refractivity contribution in [1.82, 2.24) is 4.57 Å². The van der Waals surface area contributed by atoms with E-state index < -0.39 is 0 Å². The van der Waals surface area contributed by atoms with E-state index in [0.717, 1.165) is 101 Å². The molecule has 108 heavy (non-hydrogen) atoms. The lowest BCUT2D eigenvalue weighted by atomic mass is 9.33. The largest absolute Gasteiger partial charge is 0.310 e. The smallest absolute Gasteiger partial charge is 0.252 e. The van der Waals surface area contributed by atoms with Gasteiger partial charge in [-0.2, -0.15) is 0 Å². The summed E-state index contributed by atoms with van der Waals surface area (Å²) in [6.45, 7) is 34.7. The van der Waals surface area contributed by atoms with Crippen LogP contribution in [0.25, 0.3) is 105 Å². The molecule has 0 atom stereocenters. The van der Waals surface area contributed by atoms with Crippen molar-refractivity contribution in [2.24, 2.45) is 0 Å². The monoisotopic (exact) mass is 1400 g/mol. The zero-order chi connectivity index (χ0) is 74.9. The summed E-state index contributed by atoms with van der Waals surface area (Å²) in [5.74, 6) is 0. The van der Waals surface area contributed by atoms with E-state index in [1.165, 1.54) is 82.8 Å². The standard InChI is InChI=1S/C104H96BN3/c1-100(2,3)75-53-44-69(45-54-75)80-37-28-38-81(70-46-55-76(56-47-70)101(4,5)6)98(80)107-93-62-73(79-34-22-25-41-90(79)106-91-42-26-23-35-84(91)85-36-24-27-43-92(85)106)52-61-88(93)105-89-65-86(68-32-20-17-21-33-68)87(104(13,14)15)66-94(89)108(96-64-74(63-95(107)97(96)105)67-30-18-16-19-31-67)99-82(71-48-57-77(58-49-71)102(7,8)9)39-29-40-83(99)72-50-59-78(60-51-72)103(10,11)12/h16-66H,1-15H3. The van der Waals surface area contributed by atoms with Gasteiger partial charge in [-0.3, -0.25) is 0 Å². The van der Waals surface area contributed by atoms with Crippen LogP contribution in [0.2, 0.25) is 0 Å². The van der Waals surface area contributed by atoms with Crippen LogP contribution in [0.5, 0.6) is 0 Å². The second-order valence-corrected chi connectivity index (χ2v) is 35.3. The molecule has 3 nitrogen and oxygen atoms in total. The van der Waals surface area contributed by atoms with Crippen molar-refractivity contribution >= 4 is 79.0 Å². The molecule has 15 aromatic rings. The topological polar surface area (TPSA) is 11.4 Å². The van der Waals surface area contributed by atoms with Crippen molar-refractivity contribution in [3.8, 4) is 83.6 Å². The number of benzene rings is 14. The van der Waals surface area contributed by atoms with Crippen LogP contribution in [0, 0.1) is 0 Å².